The SMILES string of the molecule is CC(C)(C(N)Cc1ccc(Cl)c(F)c1)N1CCCCC1. The van der Waals surface area contributed by atoms with E-state index in [1.165, 1.54) is 25.3 Å². The third kappa shape index (κ3) is 3.51. The third-order valence-corrected chi connectivity index (χ3v) is 4.82. The lowest BCUT2D eigenvalue weighted by atomic mass is 9.87. The van der Waals surface area contributed by atoms with Crippen molar-refractivity contribution < 1.29 is 4.39 Å². The molecular formula is C16H24ClFN2. The molecule has 0 bridgehead atoms. The number of likely N-dealkylation sites (tertiary alicyclic amines) is 1. The number of hydrogen-bond acceptors (Lipinski definition) is 2. The number of nitrogens with two attached hydrogens (primary N) is 1. The maximum Gasteiger partial charge on any atom is 0.142 e. The van der Waals surface area contributed by atoms with Crippen molar-refractivity contribution in [2.75, 3.05) is 13.1 Å². The van der Waals surface area contributed by atoms with Crippen LogP contribution < -0.4 is 5.73 Å². The first-order chi connectivity index (χ1) is 9.41. The fraction of sp³-hybridized carbons (Fsp3) is 0.625. The van der Waals surface area contributed by atoms with Gasteiger partial charge >= 0.3 is 0 Å². The van der Waals surface area contributed by atoms with Crippen LogP contribution >= 0.6 is 11.6 Å². The minimum absolute atomic E-state index is 0.0267. The molecule has 1 heterocycles. The maximum atomic E-state index is 13.5. The molecule has 0 spiro atoms. The first-order valence-electron chi connectivity index (χ1n) is 7.36. The van der Waals surface area contributed by atoms with Gasteiger partial charge in [0, 0.05) is 11.6 Å². The van der Waals surface area contributed by atoms with Crippen molar-refractivity contribution in [1.29, 1.82) is 0 Å². The Balaban J connectivity index is 2.05. The van der Waals surface area contributed by atoms with Crippen LogP contribution in [0.4, 0.5) is 4.39 Å². The quantitative estimate of drug-likeness (QED) is 0.920. The smallest absolute Gasteiger partial charge is 0.142 e. The highest BCUT2D eigenvalue weighted by atomic mass is 35.5. The molecule has 2 rings (SSSR count). The zero-order valence-electron chi connectivity index (χ0n) is 12.3. The number of hydrogen-bond donors (Lipinski definition) is 1. The molecule has 1 aliphatic heterocycles. The summed E-state index contributed by atoms with van der Waals surface area (Å²) in [6.07, 6.45) is 4.46. The van der Waals surface area contributed by atoms with Crippen molar-refractivity contribution >= 4 is 11.6 Å². The molecule has 0 amide bonds. The normalized spacial score (nSPS) is 19.1. The van der Waals surface area contributed by atoms with Crippen molar-refractivity contribution in [3.63, 3.8) is 0 Å². The van der Waals surface area contributed by atoms with E-state index in [4.69, 9.17) is 17.3 Å². The summed E-state index contributed by atoms with van der Waals surface area (Å²) >= 11 is 5.71. The van der Waals surface area contributed by atoms with E-state index in [9.17, 15) is 4.39 Å². The van der Waals surface area contributed by atoms with Crippen molar-refractivity contribution in [3.8, 4) is 0 Å². The Labute approximate surface area is 126 Å². The molecule has 4 heteroatoms. The minimum atomic E-state index is -0.368. The molecule has 112 valence electrons. The van der Waals surface area contributed by atoms with Gasteiger partial charge in [0.1, 0.15) is 5.82 Å². The summed E-state index contributed by atoms with van der Waals surface area (Å²) in [5, 5.41) is 0.164. The van der Waals surface area contributed by atoms with Crippen molar-refractivity contribution in [2.24, 2.45) is 5.73 Å². The Hall–Kier alpha value is -0.640. The van der Waals surface area contributed by atoms with Crippen molar-refractivity contribution in [1.82, 2.24) is 4.90 Å². The van der Waals surface area contributed by atoms with Gasteiger partial charge in [-0.1, -0.05) is 24.1 Å². The lowest BCUT2D eigenvalue weighted by Crippen LogP contribution is -2.58. The van der Waals surface area contributed by atoms with Crippen LogP contribution in [0.5, 0.6) is 0 Å². The second-order valence-corrected chi connectivity index (χ2v) is 6.67. The van der Waals surface area contributed by atoms with Crippen LogP contribution in [-0.2, 0) is 6.42 Å². The molecule has 0 saturated carbocycles. The second-order valence-electron chi connectivity index (χ2n) is 6.26. The molecule has 20 heavy (non-hydrogen) atoms. The van der Waals surface area contributed by atoms with Crippen LogP contribution in [0.1, 0.15) is 38.7 Å². The fourth-order valence-corrected chi connectivity index (χ4v) is 2.99. The summed E-state index contributed by atoms with van der Waals surface area (Å²) in [5.74, 6) is -0.368. The molecule has 1 aromatic rings. The highest BCUT2D eigenvalue weighted by Crippen LogP contribution is 2.25. The van der Waals surface area contributed by atoms with E-state index in [0.717, 1.165) is 18.7 Å². The van der Waals surface area contributed by atoms with Gasteiger partial charge < -0.3 is 5.73 Å². The average Bonchev–Trinajstić information content (AvgIpc) is 2.44. The van der Waals surface area contributed by atoms with E-state index in [1.54, 1.807) is 6.07 Å². The van der Waals surface area contributed by atoms with Crippen molar-refractivity contribution in [2.45, 2.75) is 51.1 Å². The molecule has 2 nitrogen and oxygen atoms in total. The van der Waals surface area contributed by atoms with Crippen LogP contribution in [0.2, 0.25) is 5.02 Å². The van der Waals surface area contributed by atoms with Gasteiger partial charge in [-0.15, -0.1) is 0 Å². The van der Waals surface area contributed by atoms with Crippen molar-refractivity contribution in [3.05, 3.63) is 34.6 Å². The Morgan fingerprint density at radius 1 is 1.30 bits per heavy atom. The van der Waals surface area contributed by atoms with Gasteiger partial charge in [-0.25, -0.2) is 4.39 Å². The molecule has 0 radical (unpaired) electrons. The molecular weight excluding hydrogens is 275 g/mol. The molecule has 0 aliphatic carbocycles. The monoisotopic (exact) mass is 298 g/mol. The maximum absolute atomic E-state index is 13.5. The van der Waals surface area contributed by atoms with Gasteiger partial charge in [-0.3, -0.25) is 4.90 Å². The lowest BCUT2D eigenvalue weighted by molar-refractivity contribution is 0.0731. The molecule has 1 fully saturated rings. The fourth-order valence-electron chi connectivity index (χ4n) is 2.88. The van der Waals surface area contributed by atoms with Crippen LogP contribution in [0, 0.1) is 5.82 Å². The first-order valence-corrected chi connectivity index (χ1v) is 7.73. The summed E-state index contributed by atoms with van der Waals surface area (Å²) in [6.45, 7) is 6.59. The van der Waals surface area contributed by atoms with E-state index in [-0.39, 0.29) is 22.4 Å². The minimum Gasteiger partial charge on any atom is -0.326 e. The van der Waals surface area contributed by atoms with E-state index in [0.29, 0.717) is 6.42 Å². The number of rotatable bonds is 4. The lowest BCUT2D eigenvalue weighted by Gasteiger charge is -2.44. The summed E-state index contributed by atoms with van der Waals surface area (Å²) in [5.41, 5.74) is 7.24. The topological polar surface area (TPSA) is 29.3 Å². The molecule has 1 aliphatic rings. The zero-order valence-corrected chi connectivity index (χ0v) is 13.1. The van der Waals surface area contributed by atoms with Gasteiger partial charge in [0.25, 0.3) is 0 Å². The second kappa shape index (κ2) is 6.42. The molecule has 2 N–H and O–H groups in total. The Morgan fingerprint density at radius 2 is 1.95 bits per heavy atom. The standard InChI is InChI=1S/C16H24ClFN2/c1-16(2,20-8-4-3-5-9-20)15(19)11-12-6-7-13(17)14(18)10-12/h6-7,10,15H,3-5,8-9,11,19H2,1-2H3. The highest BCUT2D eigenvalue weighted by molar-refractivity contribution is 6.30. The Bertz CT molecular complexity index is 456. The van der Waals surface area contributed by atoms with Crippen LogP contribution in [-0.4, -0.2) is 29.6 Å². The summed E-state index contributed by atoms with van der Waals surface area (Å²) < 4.78 is 13.5. The van der Waals surface area contributed by atoms with Crippen LogP contribution in [0.3, 0.4) is 0 Å². The predicted octanol–water partition coefficient (Wildman–Crippen LogP) is 3.61. The van der Waals surface area contributed by atoms with Gasteiger partial charge in [0.05, 0.1) is 5.02 Å². The predicted molar refractivity (Wildman–Crippen MR) is 82.6 cm³/mol. The third-order valence-electron chi connectivity index (χ3n) is 4.52. The van der Waals surface area contributed by atoms with E-state index >= 15 is 0 Å². The highest BCUT2D eigenvalue weighted by Gasteiger charge is 2.33. The molecule has 1 saturated heterocycles. The Morgan fingerprint density at radius 3 is 2.55 bits per heavy atom. The van der Waals surface area contributed by atoms with Gasteiger partial charge in [-0.05, 0) is 63.9 Å². The van der Waals surface area contributed by atoms with E-state index in [1.807, 2.05) is 6.07 Å². The number of piperidine rings is 1. The largest absolute Gasteiger partial charge is 0.326 e. The first kappa shape index (κ1) is 15.7. The summed E-state index contributed by atoms with van der Waals surface area (Å²) in [6, 6.07) is 4.93. The zero-order chi connectivity index (χ0) is 14.8. The van der Waals surface area contributed by atoms with Gasteiger partial charge in [-0.2, -0.15) is 0 Å². The van der Waals surface area contributed by atoms with Gasteiger partial charge in [0.15, 0.2) is 0 Å². The molecule has 0 aromatic heterocycles. The van der Waals surface area contributed by atoms with E-state index < -0.39 is 0 Å². The average molecular weight is 299 g/mol. The molecule has 1 atom stereocenters. The number of benzene rings is 1. The summed E-state index contributed by atoms with van der Waals surface area (Å²) in [7, 11) is 0. The summed E-state index contributed by atoms with van der Waals surface area (Å²) in [4.78, 5) is 2.47. The van der Waals surface area contributed by atoms with Crippen LogP contribution in [0.25, 0.3) is 0 Å². The molecule has 1 aromatic carbocycles. The van der Waals surface area contributed by atoms with E-state index in [2.05, 4.69) is 18.7 Å². The van der Waals surface area contributed by atoms with Gasteiger partial charge in [0.2, 0.25) is 0 Å². The molecule has 1 unspecified atom stereocenters. The Kier molecular flexibility index (Phi) is 5.05. The number of nitrogens with zero attached hydrogens (tertiary/aromatic N) is 1. The van der Waals surface area contributed by atoms with Crippen LogP contribution in [0.15, 0.2) is 18.2 Å². The number of halogens is 2.